The van der Waals surface area contributed by atoms with E-state index in [1.54, 1.807) is 0 Å². The molecule has 0 aromatic heterocycles. The topological polar surface area (TPSA) is 35.6 Å². The largest absolute Gasteiger partial charge is 0.376 e. The summed E-state index contributed by atoms with van der Waals surface area (Å²) >= 11 is 5.94. The molecule has 2 aromatic carbocycles. The molecule has 0 radical (unpaired) electrons. The number of piperazine rings is 1. The van der Waals surface area contributed by atoms with Crippen molar-refractivity contribution in [2.24, 2.45) is 0 Å². The molecule has 2 aromatic rings. The maximum atomic E-state index is 12.3. The molecule has 0 aliphatic carbocycles. The zero-order valence-electron chi connectivity index (χ0n) is 12.9. The molecule has 1 saturated heterocycles. The Kier molecular flexibility index (Phi) is 5.03. The van der Waals surface area contributed by atoms with E-state index in [0.29, 0.717) is 11.6 Å². The molecule has 1 aliphatic heterocycles. The number of carbonyl (C=O) groups excluding carboxylic acids is 1. The van der Waals surface area contributed by atoms with Crippen molar-refractivity contribution in [3.05, 3.63) is 59.6 Å². The minimum atomic E-state index is 0.123. The molecule has 120 valence electrons. The highest BCUT2D eigenvalue weighted by atomic mass is 35.5. The predicted octanol–water partition coefficient (Wildman–Crippen LogP) is 3.10. The Morgan fingerprint density at radius 2 is 1.74 bits per heavy atom. The summed E-state index contributed by atoms with van der Waals surface area (Å²) in [6.07, 6.45) is 0. The fourth-order valence-corrected chi connectivity index (χ4v) is 2.93. The zero-order valence-corrected chi connectivity index (χ0v) is 13.7. The lowest BCUT2D eigenvalue weighted by molar-refractivity contribution is -0.129. The normalized spacial score (nSPS) is 14.7. The lowest BCUT2D eigenvalue weighted by Crippen LogP contribution is -2.50. The molecular formula is C18H20ClN3O. The van der Waals surface area contributed by atoms with Crippen LogP contribution in [0.5, 0.6) is 0 Å². The number of benzene rings is 2. The molecular weight excluding hydrogens is 310 g/mol. The minimum absolute atomic E-state index is 0.123. The van der Waals surface area contributed by atoms with Crippen molar-refractivity contribution in [3.8, 4) is 0 Å². The smallest absolute Gasteiger partial charge is 0.241 e. The maximum absolute atomic E-state index is 12.3. The van der Waals surface area contributed by atoms with Crippen LogP contribution in [0.4, 0.5) is 11.4 Å². The average molecular weight is 330 g/mol. The summed E-state index contributed by atoms with van der Waals surface area (Å²) in [4.78, 5) is 16.5. The quantitative estimate of drug-likeness (QED) is 0.936. The Morgan fingerprint density at radius 1 is 1.00 bits per heavy atom. The molecule has 1 heterocycles. The second-order valence-corrected chi connectivity index (χ2v) is 6.00. The number of halogens is 1. The first-order valence-corrected chi connectivity index (χ1v) is 8.17. The summed E-state index contributed by atoms with van der Waals surface area (Å²) in [5.41, 5.74) is 2.09. The van der Waals surface area contributed by atoms with Crippen molar-refractivity contribution in [1.29, 1.82) is 0 Å². The highest BCUT2D eigenvalue weighted by Crippen LogP contribution is 2.16. The van der Waals surface area contributed by atoms with E-state index < -0.39 is 0 Å². The van der Waals surface area contributed by atoms with Gasteiger partial charge < -0.3 is 15.1 Å². The van der Waals surface area contributed by atoms with Crippen LogP contribution in [0.15, 0.2) is 54.6 Å². The SMILES string of the molecule is O=C(CNc1cccc(Cl)c1)N1CCN(c2ccccc2)CC1. The highest BCUT2D eigenvalue weighted by Gasteiger charge is 2.20. The summed E-state index contributed by atoms with van der Waals surface area (Å²) in [7, 11) is 0. The molecule has 0 spiro atoms. The lowest BCUT2D eigenvalue weighted by atomic mass is 10.2. The summed E-state index contributed by atoms with van der Waals surface area (Å²) in [6, 6.07) is 17.7. The van der Waals surface area contributed by atoms with Crippen LogP contribution in [0, 0.1) is 0 Å². The Hall–Kier alpha value is -2.20. The monoisotopic (exact) mass is 329 g/mol. The van der Waals surface area contributed by atoms with Crippen LogP contribution in [-0.4, -0.2) is 43.5 Å². The van der Waals surface area contributed by atoms with Gasteiger partial charge in [0.2, 0.25) is 5.91 Å². The Labute approximate surface area is 141 Å². The summed E-state index contributed by atoms with van der Waals surface area (Å²) in [5.74, 6) is 0.123. The van der Waals surface area contributed by atoms with Crippen LogP contribution >= 0.6 is 11.6 Å². The molecule has 0 unspecified atom stereocenters. The Morgan fingerprint density at radius 3 is 2.43 bits per heavy atom. The van der Waals surface area contributed by atoms with Gasteiger partial charge in [0.1, 0.15) is 0 Å². The number of nitrogens with zero attached hydrogens (tertiary/aromatic N) is 2. The van der Waals surface area contributed by atoms with Crippen molar-refractivity contribution in [1.82, 2.24) is 4.90 Å². The van der Waals surface area contributed by atoms with Crippen LogP contribution in [0.2, 0.25) is 5.02 Å². The van der Waals surface area contributed by atoms with Crippen LogP contribution in [0.1, 0.15) is 0 Å². The van der Waals surface area contributed by atoms with Gasteiger partial charge in [0.05, 0.1) is 6.54 Å². The van der Waals surface area contributed by atoms with E-state index >= 15 is 0 Å². The molecule has 4 nitrogen and oxygen atoms in total. The fraction of sp³-hybridized carbons (Fsp3) is 0.278. The van der Waals surface area contributed by atoms with Crippen molar-refractivity contribution in [2.45, 2.75) is 0 Å². The highest BCUT2D eigenvalue weighted by molar-refractivity contribution is 6.30. The van der Waals surface area contributed by atoms with E-state index in [1.807, 2.05) is 47.4 Å². The average Bonchev–Trinajstić information content (AvgIpc) is 2.61. The molecule has 5 heteroatoms. The van der Waals surface area contributed by atoms with E-state index in [4.69, 9.17) is 11.6 Å². The molecule has 1 fully saturated rings. The van der Waals surface area contributed by atoms with Gasteiger partial charge in [-0.2, -0.15) is 0 Å². The predicted molar refractivity (Wildman–Crippen MR) is 95.2 cm³/mol. The van der Waals surface area contributed by atoms with Crippen LogP contribution < -0.4 is 10.2 Å². The first kappa shape index (κ1) is 15.7. The van der Waals surface area contributed by atoms with E-state index in [-0.39, 0.29) is 5.91 Å². The molecule has 0 saturated carbocycles. The van der Waals surface area contributed by atoms with E-state index in [0.717, 1.165) is 31.9 Å². The molecule has 1 N–H and O–H groups in total. The number of hydrogen-bond donors (Lipinski definition) is 1. The van der Waals surface area contributed by atoms with Gasteiger partial charge in [-0.05, 0) is 30.3 Å². The molecule has 1 amide bonds. The molecule has 0 bridgehead atoms. The number of anilines is 2. The molecule has 3 rings (SSSR count). The van der Waals surface area contributed by atoms with Gasteiger partial charge in [0, 0.05) is 42.6 Å². The van der Waals surface area contributed by atoms with E-state index in [2.05, 4.69) is 22.3 Å². The van der Waals surface area contributed by atoms with Crippen molar-refractivity contribution >= 4 is 28.9 Å². The molecule has 1 aliphatic rings. The third kappa shape index (κ3) is 4.17. The summed E-state index contributed by atoms with van der Waals surface area (Å²) < 4.78 is 0. The van der Waals surface area contributed by atoms with E-state index in [1.165, 1.54) is 5.69 Å². The van der Waals surface area contributed by atoms with Gasteiger partial charge in [-0.25, -0.2) is 0 Å². The summed E-state index contributed by atoms with van der Waals surface area (Å²) in [6.45, 7) is 3.54. The Bertz CT molecular complexity index is 654. The first-order valence-electron chi connectivity index (χ1n) is 7.79. The number of amides is 1. The van der Waals surface area contributed by atoms with Gasteiger partial charge in [-0.3, -0.25) is 4.79 Å². The third-order valence-electron chi connectivity index (χ3n) is 4.02. The third-order valence-corrected chi connectivity index (χ3v) is 4.26. The van der Waals surface area contributed by atoms with Crippen LogP contribution in [0.3, 0.4) is 0 Å². The molecule has 23 heavy (non-hydrogen) atoms. The van der Waals surface area contributed by atoms with Crippen LogP contribution in [-0.2, 0) is 4.79 Å². The minimum Gasteiger partial charge on any atom is -0.376 e. The van der Waals surface area contributed by atoms with Crippen LogP contribution in [0.25, 0.3) is 0 Å². The van der Waals surface area contributed by atoms with Gasteiger partial charge in [-0.1, -0.05) is 35.9 Å². The van der Waals surface area contributed by atoms with Gasteiger partial charge >= 0.3 is 0 Å². The van der Waals surface area contributed by atoms with Gasteiger partial charge in [-0.15, -0.1) is 0 Å². The number of carbonyl (C=O) groups is 1. The van der Waals surface area contributed by atoms with Gasteiger partial charge in [0.15, 0.2) is 0 Å². The molecule has 0 atom stereocenters. The maximum Gasteiger partial charge on any atom is 0.241 e. The fourth-order valence-electron chi connectivity index (χ4n) is 2.74. The van der Waals surface area contributed by atoms with Crippen molar-refractivity contribution in [2.75, 3.05) is 42.9 Å². The standard InChI is InChI=1S/C18H20ClN3O/c19-15-5-4-6-16(13-15)20-14-18(23)22-11-9-21(10-12-22)17-7-2-1-3-8-17/h1-8,13,20H,9-12,14H2. The number of rotatable bonds is 4. The number of para-hydroxylation sites is 1. The van der Waals surface area contributed by atoms with Gasteiger partial charge in [0.25, 0.3) is 0 Å². The zero-order chi connectivity index (χ0) is 16.1. The number of nitrogens with one attached hydrogen (secondary N) is 1. The van der Waals surface area contributed by atoms with Crippen molar-refractivity contribution < 1.29 is 4.79 Å². The first-order chi connectivity index (χ1) is 11.2. The number of hydrogen-bond acceptors (Lipinski definition) is 3. The lowest BCUT2D eigenvalue weighted by Gasteiger charge is -2.36. The second kappa shape index (κ2) is 7.38. The summed E-state index contributed by atoms with van der Waals surface area (Å²) in [5, 5.41) is 3.80. The van der Waals surface area contributed by atoms with E-state index in [9.17, 15) is 4.79 Å². The second-order valence-electron chi connectivity index (χ2n) is 5.57. The Balaban J connectivity index is 1.48. The van der Waals surface area contributed by atoms with Crippen molar-refractivity contribution in [3.63, 3.8) is 0 Å².